The second-order valence-electron chi connectivity index (χ2n) is 5.83. The minimum absolute atomic E-state index is 0.0655. The number of carboxylic acids is 1. The Hall–Kier alpha value is -1.66. The third-order valence-electron chi connectivity index (χ3n) is 3.97. The summed E-state index contributed by atoms with van der Waals surface area (Å²) in [5, 5.41) is 9.08. The van der Waals surface area contributed by atoms with Crippen LogP contribution in [0, 0.1) is 0 Å². The van der Waals surface area contributed by atoms with Crippen molar-refractivity contribution in [2.75, 3.05) is 31.2 Å². The first-order chi connectivity index (χ1) is 10.1. The van der Waals surface area contributed by atoms with E-state index < -0.39 is 5.97 Å². The molecule has 114 valence electrons. The molecule has 1 aromatic heterocycles. The Morgan fingerprint density at radius 1 is 1.52 bits per heavy atom. The van der Waals surface area contributed by atoms with Gasteiger partial charge in [0.05, 0.1) is 19.3 Å². The summed E-state index contributed by atoms with van der Waals surface area (Å²) in [5.74, 6) is -0.316. The number of rotatable bonds is 2. The molecule has 21 heavy (non-hydrogen) atoms. The van der Waals surface area contributed by atoms with Crippen LogP contribution in [0.2, 0.25) is 0 Å². The smallest absolute Gasteiger partial charge is 0.354 e. The third-order valence-corrected chi connectivity index (χ3v) is 3.97. The topological polar surface area (TPSA) is 71.9 Å². The highest BCUT2D eigenvalue weighted by Crippen LogP contribution is 2.31. The van der Waals surface area contributed by atoms with Gasteiger partial charge in [-0.05, 0) is 31.9 Å². The standard InChI is InChI=1S/C15H20N2O4/c1-11-8-17(9-15(21-11)6-3-7-20-10-15)13-5-2-4-12(16-13)14(18)19/h2,4-5,11H,3,6-10H2,1H3,(H,18,19)/t11-,15+/m1/s1. The van der Waals surface area contributed by atoms with Crippen LogP contribution in [0.1, 0.15) is 30.3 Å². The summed E-state index contributed by atoms with van der Waals surface area (Å²) < 4.78 is 11.7. The van der Waals surface area contributed by atoms with Crippen molar-refractivity contribution >= 4 is 11.8 Å². The van der Waals surface area contributed by atoms with E-state index in [1.807, 2.05) is 13.0 Å². The van der Waals surface area contributed by atoms with Gasteiger partial charge >= 0.3 is 5.97 Å². The van der Waals surface area contributed by atoms with Gasteiger partial charge in [0.1, 0.15) is 11.4 Å². The van der Waals surface area contributed by atoms with Crippen molar-refractivity contribution in [3.8, 4) is 0 Å². The van der Waals surface area contributed by atoms with Crippen LogP contribution < -0.4 is 4.90 Å². The first-order valence-electron chi connectivity index (χ1n) is 7.29. The number of carboxylic acid groups (broad SMARTS) is 1. The van der Waals surface area contributed by atoms with Gasteiger partial charge in [0.25, 0.3) is 0 Å². The Balaban J connectivity index is 1.84. The van der Waals surface area contributed by atoms with Gasteiger partial charge in [-0.25, -0.2) is 9.78 Å². The molecule has 3 rings (SSSR count). The number of morpholine rings is 1. The SMILES string of the molecule is C[C@@H]1CN(c2cccc(C(=O)O)n2)C[C@]2(CCCOC2)O1. The Labute approximate surface area is 123 Å². The van der Waals surface area contributed by atoms with Crippen molar-refractivity contribution in [3.05, 3.63) is 23.9 Å². The average molecular weight is 292 g/mol. The predicted octanol–water partition coefficient (Wildman–Crippen LogP) is 1.55. The van der Waals surface area contributed by atoms with Crippen molar-refractivity contribution in [1.82, 2.24) is 4.98 Å². The molecule has 0 unspecified atom stereocenters. The Morgan fingerprint density at radius 3 is 3.10 bits per heavy atom. The maximum Gasteiger partial charge on any atom is 0.354 e. The number of hydrogen-bond donors (Lipinski definition) is 1. The number of ether oxygens (including phenoxy) is 2. The van der Waals surface area contributed by atoms with Crippen LogP contribution in [0.5, 0.6) is 0 Å². The van der Waals surface area contributed by atoms with Gasteiger partial charge in [0.2, 0.25) is 0 Å². The number of aromatic carboxylic acids is 1. The molecule has 0 bridgehead atoms. The van der Waals surface area contributed by atoms with Gasteiger partial charge in [0, 0.05) is 13.2 Å². The maximum atomic E-state index is 11.1. The molecule has 6 nitrogen and oxygen atoms in total. The highest BCUT2D eigenvalue weighted by Gasteiger charge is 2.41. The van der Waals surface area contributed by atoms with E-state index in [-0.39, 0.29) is 17.4 Å². The monoisotopic (exact) mass is 292 g/mol. The summed E-state index contributed by atoms with van der Waals surface area (Å²) in [6, 6.07) is 5.09. The molecule has 2 saturated heterocycles. The van der Waals surface area contributed by atoms with Gasteiger partial charge in [-0.1, -0.05) is 6.07 Å². The van der Waals surface area contributed by atoms with E-state index in [1.54, 1.807) is 6.07 Å². The van der Waals surface area contributed by atoms with Gasteiger partial charge < -0.3 is 19.5 Å². The largest absolute Gasteiger partial charge is 0.477 e. The average Bonchev–Trinajstić information content (AvgIpc) is 2.47. The molecule has 2 atom stereocenters. The number of pyridine rings is 1. The van der Waals surface area contributed by atoms with E-state index in [0.29, 0.717) is 25.5 Å². The van der Waals surface area contributed by atoms with E-state index in [1.165, 1.54) is 6.07 Å². The molecule has 1 N–H and O–H groups in total. The zero-order valence-electron chi connectivity index (χ0n) is 12.1. The van der Waals surface area contributed by atoms with E-state index in [2.05, 4.69) is 9.88 Å². The molecule has 6 heteroatoms. The van der Waals surface area contributed by atoms with Gasteiger partial charge in [-0.3, -0.25) is 0 Å². The van der Waals surface area contributed by atoms with Crippen molar-refractivity contribution in [2.45, 2.75) is 31.5 Å². The second-order valence-corrected chi connectivity index (χ2v) is 5.83. The molecule has 1 aromatic rings. The highest BCUT2D eigenvalue weighted by molar-refractivity contribution is 5.85. The van der Waals surface area contributed by atoms with Gasteiger partial charge in [0.15, 0.2) is 5.69 Å². The fraction of sp³-hybridized carbons (Fsp3) is 0.600. The molecule has 0 saturated carbocycles. The van der Waals surface area contributed by atoms with Crippen LogP contribution in [0.25, 0.3) is 0 Å². The molecule has 0 aliphatic carbocycles. The summed E-state index contributed by atoms with van der Waals surface area (Å²) >= 11 is 0. The molecular weight excluding hydrogens is 272 g/mol. The highest BCUT2D eigenvalue weighted by atomic mass is 16.6. The molecular formula is C15H20N2O4. The van der Waals surface area contributed by atoms with Crippen molar-refractivity contribution in [1.29, 1.82) is 0 Å². The van der Waals surface area contributed by atoms with Crippen LogP contribution in [0.4, 0.5) is 5.82 Å². The molecule has 2 aliphatic rings. The number of anilines is 1. The molecule has 3 heterocycles. The predicted molar refractivity (Wildman–Crippen MR) is 76.7 cm³/mol. The Morgan fingerprint density at radius 2 is 2.38 bits per heavy atom. The van der Waals surface area contributed by atoms with Crippen LogP contribution in [0.3, 0.4) is 0 Å². The molecule has 1 spiro atoms. The first kappa shape index (κ1) is 14.3. The van der Waals surface area contributed by atoms with Gasteiger partial charge in [-0.2, -0.15) is 0 Å². The molecule has 0 radical (unpaired) electrons. The number of aromatic nitrogens is 1. The fourth-order valence-corrected chi connectivity index (χ4v) is 3.16. The van der Waals surface area contributed by atoms with Gasteiger partial charge in [-0.15, -0.1) is 0 Å². The summed E-state index contributed by atoms with van der Waals surface area (Å²) in [4.78, 5) is 17.4. The van der Waals surface area contributed by atoms with E-state index in [9.17, 15) is 4.79 Å². The minimum atomic E-state index is -1.01. The number of hydrogen-bond acceptors (Lipinski definition) is 5. The maximum absolute atomic E-state index is 11.1. The quantitative estimate of drug-likeness (QED) is 0.892. The lowest BCUT2D eigenvalue weighted by molar-refractivity contribution is -0.160. The van der Waals surface area contributed by atoms with Crippen molar-refractivity contribution < 1.29 is 19.4 Å². The normalized spacial score (nSPS) is 29.6. The summed E-state index contributed by atoms with van der Waals surface area (Å²) in [6.45, 7) is 4.80. The van der Waals surface area contributed by atoms with Crippen LogP contribution in [-0.2, 0) is 9.47 Å². The minimum Gasteiger partial charge on any atom is -0.477 e. The van der Waals surface area contributed by atoms with Crippen LogP contribution >= 0.6 is 0 Å². The fourth-order valence-electron chi connectivity index (χ4n) is 3.16. The third kappa shape index (κ3) is 3.01. The Kier molecular flexibility index (Phi) is 3.82. The van der Waals surface area contributed by atoms with E-state index >= 15 is 0 Å². The second kappa shape index (κ2) is 5.61. The summed E-state index contributed by atoms with van der Waals surface area (Å²) in [7, 11) is 0. The molecule has 0 aromatic carbocycles. The first-order valence-corrected chi connectivity index (χ1v) is 7.29. The van der Waals surface area contributed by atoms with Crippen molar-refractivity contribution in [3.63, 3.8) is 0 Å². The lowest BCUT2D eigenvalue weighted by atomic mass is 9.93. The van der Waals surface area contributed by atoms with Crippen LogP contribution in [0.15, 0.2) is 18.2 Å². The summed E-state index contributed by atoms with van der Waals surface area (Å²) in [6.07, 6.45) is 2.02. The van der Waals surface area contributed by atoms with Crippen LogP contribution in [-0.4, -0.2) is 54.1 Å². The molecule has 2 fully saturated rings. The zero-order valence-corrected chi connectivity index (χ0v) is 12.1. The molecule has 0 amide bonds. The lowest BCUT2D eigenvalue weighted by Gasteiger charge is -2.47. The lowest BCUT2D eigenvalue weighted by Crippen LogP contribution is -2.58. The number of carbonyl (C=O) groups is 1. The van der Waals surface area contributed by atoms with E-state index in [0.717, 1.165) is 19.4 Å². The molecule has 2 aliphatic heterocycles. The summed E-state index contributed by atoms with van der Waals surface area (Å²) in [5.41, 5.74) is -0.225. The van der Waals surface area contributed by atoms with Crippen molar-refractivity contribution in [2.24, 2.45) is 0 Å². The Bertz CT molecular complexity index is 528. The zero-order chi connectivity index (χ0) is 14.9. The van der Waals surface area contributed by atoms with E-state index in [4.69, 9.17) is 14.6 Å². The number of nitrogens with zero attached hydrogens (tertiary/aromatic N) is 2.